The fourth-order valence-corrected chi connectivity index (χ4v) is 4.62. The van der Waals surface area contributed by atoms with Gasteiger partial charge in [0.05, 0.1) is 10.3 Å². The fraction of sp³-hybridized carbons (Fsp3) is 0.111. The predicted octanol–water partition coefficient (Wildman–Crippen LogP) is 5.14. The molecular weight excluding hydrogens is 343 g/mol. The molecule has 4 aromatic rings. The lowest BCUT2D eigenvalue weighted by atomic mass is 10.0. The molecule has 3 heterocycles. The van der Waals surface area contributed by atoms with E-state index in [1.165, 1.54) is 28.3 Å². The number of fused-ring (bicyclic) bond motifs is 1. The van der Waals surface area contributed by atoms with Gasteiger partial charge in [0.1, 0.15) is 10.6 Å². The van der Waals surface area contributed by atoms with E-state index >= 15 is 0 Å². The largest absolute Gasteiger partial charge is 0.305 e. The number of nitrogens with one attached hydrogen (secondary N) is 1. The molecule has 24 heavy (non-hydrogen) atoms. The Morgan fingerprint density at radius 2 is 1.79 bits per heavy atom. The van der Waals surface area contributed by atoms with Crippen LogP contribution in [0.3, 0.4) is 0 Å². The minimum atomic E-state index is -0.293. The summed E-state index contributed by atoms with van der Waals surface area (Å²) in [6.45, 7) is 3.98. The first-order valence-corrected chi connectivity index (χ1v) is 9.02. The second kappa shape index (κ2) is 5.65. The Morgan fingerprint density at radius 1 is 1.04 bits per heavy atom. The quantitative estimate of drug-likeness (QED) is 0.541. The van der Waals surface area contributed by atoms with Crippen molar-refractivity contribution in [2.75, 3.05) is 0 Å². The average molecular weight is 356 g/mol. The van der Waals surface area contributed by atoms with Gasteiger partial charge < -0.3 is 4.98 Å². The maximum Gasteiger partial charge on any atom is 0.260 e. The maximum absolute atomic E-state index is 13.2. The summed E-state index contributed by atoms with van der Waals surface area (Å²) < 4.78 is 13.2. The molecule has 0 amide bonds. The highest BCUT2D eigenvalue weighted by Gasteiger charge is 2.17. The van der Waals surface area contributed by atoms with E-state index in [9.17, 15) is 9.18 Å². The lowest BCUT2D eigenvalue weighted by Gasteiger charge is -2.02. The van der Waals surface area contributed by atoms with Crippen molar-refractivity contribution in [2.24, 2.45) is 0 Å². The van der Waals surface area contributed by atoms with Crippen LogP contribution in [0.15, 0.2) is 41.2 Å². The van der Waals surface area contributed by atoms with Gasteiger partial charge in [-0.3, -0.25) is 4.79 Å². The second-order valence-corrected chi connectivity index (χ2v) is 8.04. The molecule has 0 saturated carbocycles. The molecule has 120 valence electrons. The standard InChI is InChI=1S/C18H13FN2OS2/c1-9-3-8-13(23-9)16-20-17(22)15-14(10(2)24-18(15)21-16)11-4-6-12(19)7-5-11/h3-8H,1-2H3,(H,20,21,22). The molecule has 3 aromatic heterocycles. The minimum Gasteiger partial charge on any atom is -0.305 e. The van der Waals surface area contributed by atoms with Crippen LogP contribution in [0.5, 0.6) is 0 Å². The first-order valence-electron chi connectivity index (χ1n) is 7.39. The summed E-state index contributed by atoms with van der Waals surface area (Å²) in [6.07, 6.45) is 0. The lowest BCUT2D eigenvalue weighted by molar-refractivity contribution is 0.628. The van der Waals surface area contributed by atoms with Gasteiger partial charge in [-0.2, -0.15) is 0 Å². The van der Waals surface area contributed by atoms with E-state index in [2.05, 4.69) is 9.97 Å². The summed E-state index contributed by atoms with van der Waals surface area (Å²) in [5, 5.41) is 0.570. The molecule has 0 bridgehead atoms. The van der Waals surface area contributed by atoms with Gasteiger partial charge in [0.25, 0.3) is 5.56 Å². The van der Waals surface area contributed by atoms with Gasteiger partial charge in [0.2, 0.25) is 0 Å². The number of aromatic nitrogens is 2. The van der Waals surface area contributed by atoms with Crippen molar-refractivity contribution >= 4 is 32.9 Å². The van der Waals surface area contributed by atoms with E-state index in [4.69, 9.17) is 0 Å². The van der Waals surface area contributed by atoms with Crippen molar-refractivity contribution < 1.29 is 4.39 Å². The number of benzene rings is 1. The third-order valence-electron chi connectivity index (χ3n) is 3.84. The van der Waals surface area contributed by atoms with Gasteiger partial charge in [-0.05, 0) is 43.7 Å². The summed E-state index contributed by atoms with van der Waals surface area (Å²) >= 11 is 3.08. The van der Waals surface area contributed by atoms with E-state index in [0.717, 1.165) is 20.9 Å². The molecule has 0 aliphatic carbocycles. The number of halogens is 1. The molecule has 0 fully saturated rings. The van der Waals surface area contributed by atoms with Crippen LogP contribution < -0.4 is 5.56 Å². The average Bonchev–Trinajstić information content (AvgIpc) is 3.11. The Morgan fingerprint density at radius 3 is 2.46 bits per heavy atom. The molecule has 0 spiro atoms. The second-order valence-electron chi connectivity index (χ2n) is 5.55. The fourth-order valence-electron chi connectivity index (χ4n) is 2.76. The summed E-state index contributed by atoms with van der Waals surface area (Å²) in [5.74, 6) is 0.302. The van der Waals surface area contributed by atoms with Crippen molar-refractivity contribution in [1.82, 2.24) is 9.97 Å². The highest BCUT2D eigenvalue weighted by Crippen LogP contribution is 2.36. The number of rotatable bonds is 2. The molecule has 4 rings (SSSR count). The zero-order valence-electron chi connectivity index (χ0n) is 13.0. The normalized spacial score (nSPS) is 11.3. The lowest BCUT2D eigenvalue weighted by Crippen LogP contribution is -2.08. The molecule has 0 aliphatic heterocycles. The Bertz CT molecular complexity index is 1110. The highest BCUT2D eigenvalue weighted by molar-refractivity contribution is 7.19. The number of hydrogen-bond acceptors (Lipinski definition) is 4. The molecule has 6 heteroatoms. The Hall–Kier alpha value is -2.31. The Labute approximate surface area is 145 Å². The molecule has 1 N–H and O–H groups in total. The van der Waals surface area contributed by atoms with Crippen molar-refractivity contribution in [3.05, 3.63) is 62.3 Å². The number of nitrogens with zero attached hydrogens (tertiary/aromatic N) is 1. The van der Waals surface area contributed by atoms with Crippen molar-refractivity contribution in [3.63, 3.8) is 0 Å². The van der Waals surface area contributed by atoms with Crippen LogP contribution in [0.4, 0.5) is 4.39 Å². The molecule has 1 aromatic carbocycles. The van der Waals surface area contributed by atoms with E-state index < -0.39 is 0 Å². The SMILES string of the molecule is Cc1ccc(-c2nc3sc(C)c(-c4ccc(F)cc4)c3c(=O)[nH]2)s1. The molecule has 0 unspecified atom stereocenters. The number of H-pyrrole nitrogens is 1. The van der Waals surface area contributed by atoms with E-state index in [1.807, 2.05) is 26.0 Å². The zero-order chi connectivity index (χ0) is 16.8. The van der Waals surface area contributed by atoms with Gasteiger partial charge in [-0.15, -0.1) is 22.7 Å². The first-order chi connectivity index (χ1) is 11.5. The summed E-state index contributed by atoms with van der Waals surface area (Å²) in [5.41, 5.74) is 1.49. The number of aryl methyl sites for hydroxylation is 2. The summed E-state index contributed by atoms with van der Waals surface area (Å²) in [4.78, 5) is 24.0. The van der Waals surface area contributed by atoms with Crippen LogP contribution in [0, 0.1) is 19.7 Å². The minimum absolute atomic E-state index is 0.162. The van der Waals surface area contributed by atoms with E-state index in [1.54, 1.807) is 23.5 Å². The van der Waals surface area contributed by atoms with Crippen LogP contribution in [0.25, 0.3) is 32.0 Å². The summed E-state index contributed by atoms with van der Waals surface area (Å²) in [7, 11) is 0. The summed E-state index contributed by atoms with van der Waals surface area (Å²) in [6, 6.07) is 10.2. The van der Waals surface area contributed by atoms with Gasteiger partial charge in [-0.25, -0.2) is 9.37 Å². The van der Waals surface area contributed by atoms with E-state index in [-0.39, 0.29) is 11.4 Å². The van der Waals surface area contributed by atoms with Crippen LogP contribution in [0.1, 0.15) is 9.75 Å². The molecule has 0 radical (unpaired) electrons. The van der Waals surface area contributed by atoms with Crippen molar-refractivity contribution in [1.29, 1.82) is 0 Å². The Kier molecular flexibility index (Phi) is 3.58. The Balaban J connectivity index is 1.96. The van der Waals surface area contributed by atoms with Gasteiger partial charge >= 0.3 is 0 Å². The molecule has 0 atom stereocenters. The third-order valence-corrected chi connectivity index (χ3v) is 5.85. The monoisotopic (exact) mass is 356 g/mol. The molecule has 3 nitrogen and oxygen atoms in total. The maximum atomic E-state index is 13.2. The number of thiophene rings is 2. The van der Waals surface area contributed by atoms with Crippen LogP contribution >= 0.6 is 22.7 Å². The molecule has 0 saturated heterocycles. The van der Waals surface area contributed by atoms with Gasteiger partial charge in [0.15, 0.2) is 5.82 Å². The van der Waals surface area contributed by atoms with Crippen LogP contribution in [-0.4, -0.2) is 9.97 Å². The highest BCUT2D eigenvalue weighted by atomic mass is 32.1. The zero-order valence-corrected chi connectivity index (χ0v) is 14.6. The van der Waals surface area contributed by atoms with Crippen LogP contribution in [-0.2, 0) is 0 Å². The van der Waals surface area contributed by atoms with Gasteiger partial charge in [-0.1, -0.05) is 12.1 Å². The molecular formula is C18H13FN2OS2. The van der Waals surface area contributed by atoms with Crippen molar-refractivity contribution in [3.8, 4) is 21.8 Å². The van der Waals surface area contributed by atoms with Gasteiger partial charge in [0, 0.05) is 15.3 Å². The number of aromatic amines is 1. The smallest absolute Gasteiger partial charge is 0.260 e. The number of hydrogen-bond donors (Lipinski definition) is 1. The van der Waals surface area contributed by atoms with Crippen LogP contribution in [0.2, 0.25) is 0 Å². The third kappa shape index (κ3) is 2.48. The topological polar surface area (TPSA) is 45.8 Å². The van der Waals surface area contributed by atoms with Crippen molar-refractivity contribution in [2.45, 2.75) is 13.8 Å². The first kappa shape index (κ1) is 15.2. The molecule has 0 aliphatic rings. The predicted molar refractivity (Wildman–Crippen MR) is 98.4 cm³/mol. The van der Waals surface area contributed by atoms with E-state index in [0.29, 0.717) is 16.0 Å².